The molecule has 0 saturated carbocycles. The molecule has 7 nitrogen and oxygen atoms in total. The molecule has 1 aromatic rings. The number of carbonyl (C=O) groups excluding carboxylic acids is 1. The fraction of sp³-hybridized carbons (Fsp3) is 0.400. The first-order valence-electron chi connectivity index (χ1n) is 8.54. The van der Waals surface area contributed by atoms with E-state index in [2.05, 4.69) is 4.99 Å². The minimum Gasteiger partial charge on any atom is -0.481 e. The van der Waals surface area contributed by atoms with E-state index in [0.29, 0.717) is 11.3 Å². The van der Waals surface area contributed by atoms with Crippen LogP contribution in [0, 0.1) is 5.92 Å². The molecule has 0 fully saturated rings. The van der Waals surface area contributed by atoms with Gasteiger partial charge in [0.15, 0.2) is 0 Å². The molecule has 7 heteroatoms. The van der Waals surface area contributed by atoms with E-state index < -0.39 is 29.7 Å². The largest absolute Gasteiger partial charge is 0.481 e. The fourth-order valence-electron chi connectivity index (χ4n) is 3.46. The number of esters is 1. The van der Waals surface area contributed by atoms with Gasteiger partial charge in [-0.3, -0.25) is 9.79 Å². The molecule has 27 heavy (non-hydrogen) atoms. The lowest BCUT2D eigenvalue weighted by Gasteiger charge is -2.31. The maximum Gasteiger partial charge on any atom is 0.338 e. The third kappa shape index (κ3) is 3.77. The number of benzene rings is 1. The van der Waals surface area contributed by atoms with Gasteiger partial charge in [0.2, 0.25) is 0 Å². The summed E-state index contributed by atoms with van der Waals surface area (Å²) < 4.78 is 4.87. The molecule has 2 N–H and O–H groups in total. The Labute approximate surface area is 157 Å². The SMILES string of the molecule is COC(=O)c1cc(C(C)C)ccc1C1C(C(=O)O)=C(C)N=C(C)C1C(=O)O. The standard InChI is InChI=1S/C20H23NO6/c1-9(2)12-6-7-13(14(8-12)20(26)27-5)17-15(18(22)23)10(3)21-11(4)16(17)19(24)25/h6-9,15,17H,1-5H3,(H,22,23)(H,24,25). The number of ether oxygens (including phenoxy) is 1. The van der Waals surface area contributed by atoms with Crippen molar-refractivity contribution in [1.82, 2.24) is 0 Å². The van der Waals surface area contributed by atoms with E-state index in [0.717, 1.165) is 5.56 Å². The molecule has 2 rings (SSSR count). The highest BCUT2D eigenvalue weighted by Crippen LogP contribution is 2.41. The van der Waals surface area contributed by atoms with Gasteiger partial charge in [-0.2, -0.15) is 0 Å². The highest BCUT2D eigenvalue weighted by atomic mass is 16.5. The van der Waals surface area contributed by atoms with Gasteiger partial charge in [0.05, 0.1) is 18.2 Å². The lowest BCUT2D eigenvalue weighted by atomic mass is 9.74. The number of aliphatic carboxylic acids is 2. The Bertz CT molecular complexity index is 865. The van der Waals surface area contributed by atoms with Gasteiger partial charge in [0.1, 0.15) is 5.92 Å². The van der Waals surface area contributed by atoms with Crippen LogP contribution in [0.1, 0.15) is 61.0 Å². The molecule has 0 aromatic heterocycles. The third-order valence-corrected chi connectivity index (χ3v) is 4.81. The van der Waals surface area contributed by atoms with Crippen LogP contribution in [0.5, 0.6) is 0 Å². The van der Waals surface area contributed by atoms with Crippen LogP contribution in [0.4, 0.5) is 0 Å². The molecule has 1 aliphatic rings. The minimum atomic E-state index is -1.26. The van der Waals surface area contributed by atoms with Crippen molar-refractivity contribution >= 4 is 23.6 Å². The first-order valence-corrected chi connectivity index (χ1v) is 8.54. The van der Waals surface area contributed by atoms with E-state index in [1.54, 1.807) is 25.1 Å². The summed E-state index contributed by atoms with van der Waals surface area (Å²) in [4.78, 5) is 40.4. The van der Waals surface area contributed by atoms with Crippen LogP contribution >= 0.6 is 0 Å². The number of carbonyl (C=O) groups is 3. The average molecular weight is 373 g/mol. The van der Waals surface area contributed by atoms with Crippen LogP contribution in [0.2, 0.25) is 0 Å². The summed E-state index contributed by atoms with van der Waals surface area (Å²) in [6.07, 6.45) is 0. The number of rotatable bonds is 5. The Morgan fingerprint density at radius 3 is 2.26 bits per heavy atom. The second-order valence-electron chi connectivity index (χ2n) is 6.84. The quantitative estimate of drug-likeness (QED) is 0.766. The molecule has 1 heterocycles. The number of hydrogen-bond acceptors (Lipinski definition) is 5. The van der Waals surface area contributed by atoms with Crippen molar-refractivity contribution in [3.63, 3.8) is 0 Å². The predicted octanol–water partition coefficient (Wildman–Crippen LogP) is 3.21. The summed E-state index contributed by atoms with van der Waals surface area (Å²) in [5, 5.41) is 19.5. The van der Waals surface area contributed by atoms with Crippen LogP contribution in [0.3, 0.4) is 0 Å². The van der Waals surface area contributed by atoms with Gasteiger partial charge in [-0.15, -0.1) is 0 Å². The number of allylic oxidation sites excluding steroid dienone is 1. The van der Waals surface area contributed by atoms with Crippen LogP contribution in [0.15, 0.2) is 34.5 Å². The second kappa shape index (κ2) is 7.73. The number of hydrogen-bond donors (Lipinski definition) is 2. The lowest BCUT2D eigenvalue weighted by Crippen LogP contribution is -2.35. The van der Waals surface area contributed by atoms with Gasteiger partial charge in [0.25, 0.3) is 0 Å². The Hall–Kier alpha value is -2.96. The Balaban J connectivity index is 2.82. The summed E-state index contributed by atoms with van der Waals surface area (Å²) >= 11 is 0. The van der Waals surface area contributed by atoms with Crippen molar-refractivity contribution in [3.05, 3.63) is 46.2 Å². The lowest BCUT2D eigenvalue weighted by molar-refractivity contribution is -0.140. The fourth-order valence-corrected chi connectivity index (χ4v) is 3.46. The van der Waals surface area contributed by atoms with Crippen molar-refractivity contribution in [3.8, 4) is 0 Å². The maximum absolute atomic E-state index is 12.4. The van der Waals surface area contributed by atoms with E-state index in [9.17, 15) is 24.6 Å². The number of methoxy groups -OCH3 is 1. The van der Waals surface area contributed by atoms with E-state index in [1.807, 2.05) is 13.8 Å². The van der Waals surface area contributed by atoms with Gasteiger partial charge < -0.3 is 14.9 Å². The molecule has 0 saturated heterocycles. The molecule has 0 spiro atoms. The molecule has 1 aliphatic heterocycles. The summed E-state index contributed by atoms with van der Waals surface area (Å²) in [6, 6.07) is 5.04. The van der Waals surface area contributed by atoms with E-state index >= 15 is 0 Å². The molecule has 0 bridgehead atoms. The molecule has 0 radical (unpaired) electrons. The van der Waals surface area contributed by atoms with Gasteiger partial charge in [-0.1, -0.05) is 26.0 Å². The third-order valence-electron chi connectivity index (χ3n) is 4.81. The normalized spacial score (nSPS) is 19.7. The molecule has 0 amide bonds. The topological polar surface area (TPSA) is 113 Å². The van der Waals surface area contributed by atoms with E-state index in [-0.39, 0.29) is 22.8 Å². The summed E-state index contributed by atoms with van der Waals surface area (Å²) in [7, 11) is 1.23. The van der Waals surface area contributed by atoms with Gasteiger partial charge in [0, 0.05) is 17.3 Å². The van der Waals surface area contributed by atoms with E-state index in [4.69, 9.17) is 4.74 Å². The zero-order valence-electron chi connectivity index (χ0n) is 15.9. The zero-order chi connectivity index (χ0) is 20.5. The minimum absolute atomic E-state index is 0.128. The van der Waals surface area contributed by atoms with Gasteiger partial charge in [-0.25, -0.2) is 9.59 Å². The Kier molecular flexibility index (Phi) is 5.83. The maximum atomic E-state index is 12.4. The second-order valence-corrected chi connectivity index (χ2v) is 6.84. The van der Waals surface area contributed by atoms with Crippen molar-refractivity contribution in [2.45, 2.75) is 39.5 Å². The predicted molar refractivity (Wildman–Crippen MR) is 99.2 cm³/mol. The number of carboxylic acids is 2. The monoisotopic (exact) mass is 373 g/mol. The number of nitrogens with zero attached hydrogens (tertiary/aromatic N) is 1. The van der Waals surface area contributed by atoms with Gasteiger partial charge >= 0.3 is 17.9 Å². The van der Waals surface area contributed by atoms with Crippen LogP contribution in [0.25, 0.3) is 0 Å². The highest BCUT2D eigenvalue weighted by Gasteiger charge is 2.42. The zero-order valence-corrected chi connectivity index (χ0v) is 15.9. The van der Waals surface area contributed by atoms with Crippen molar-refractivity contribution in [2.75, 3.05) is 7.11 Å². The van der Waals surface area contributed by atoms with Crippen molar-refractivity contribution < 1.29 is 29.3 Å². The van der Waals surface area contributed by atoms with Crippen molar-refractivity contribution in [2.24, 2.45) is 10.9 Å². The Morgan fingerprint density at radius 1 is 1.15 bits per heavy atom. The summed E-state index contributed by atoms with van der Waals surface area (Å²) in [5.74, 6) is -5.20. The molecular formula is C20H23NO6. The van der Waals surface area contributed by atoms with Crippen LogP contribution in [-0.2, 0) is 14.3 Å². The first kappa shape index (κ1) is 20.4. The first-order chi connectivity index (χ1) is 12.6. The van der Waals surface area contributed by atoms with Gasteiger partial charge in [-0.05, 0) is 37.0 Å². The molecule has 1 aromatic carbocycles. The number of aliphatic imine (C=N–C) groups is 1. The molecular weight excluding hydrogens is 350 g/mol. The smallest absolute Gasteiger partial charge is 0.338 e. The molecule has 144 valence electrons. The summed E-state index contributed by atoms with van der Waals surface area (Å²) in [6.45, 7) is 6.99. The summed E-state index contributed by atoms with van der Waals surface area (Å²) in [5.41, 5.74) is 1.73. The molecule has 2 unspecified atom stereocenters. The van der Waals surface area contributed by atoms with Crippen LogP contribution in [-0.4, -0.2) is 40.9 Å². The number of carboxylic acid groups (broad SMARTS) is 2. The molecule has 2 atom stereocenters. The molecule has 0 aliphatic carbocycles. The van der Waals surface area contributed by atoms with E-state index in [1.165, 1.54) is 14.0 Å². The average Bonchev–Trinajstić information content (AvgIpc) is 2.58. The highest BCUT2D eigenvalue weighted by molar-refractivity contribution is 6.07. The van der Waals surface area contributed by atoms with Crippen molar-refractivity contribution in [1.29, 1.82) is 0 Å². The Morgan fingerprint density at radius 2 is 1.78 bits per heavy atom. The van der Waals surface area contributed by atoms with Crippen LogP contribution < -0.4 is 0 Å².